The van der Waals surface area contributed by atoms with Gasteiger partial charge in [-0.3, -0.25) is 9.59 Å². The summed E-state index contributed by atoms with van der Waals surface area (Å²) >= 11 is 0. The molecule has 0 saturated heterocycles. The molecule has 0 heterocycles. The lowest BCUT2D eigenvalue weighted by atomic mass is 9.75. The Balaban J connectivity index is 2.89. The molecular weight excluding hydrogens is 376 g/mol. The van der Waals surface area contributed by atoms with Crippen LogP contribution in [0.3, 0.4) is 0 Å². The molecule has 0 aliphatic heterocycles. The molecule has 0 aromatic rings. The summed E-state index contributed by atoms with van der Waals surface area (Å²) in [6, 6.07) is 0. The molecule has 1 aliphatic carbocycles. The first kappa shape index (κ1) is 26.5. The lowest BCUT2D eigenvalue weighted by molar-refractivity contribution is -0.161. The zero-order chi connectivity index (χ0) is 22.7. The molecule has 0 saturated carbocycles. The van der Waals surface area contributed by atoms with Gasteiger partial charge in [0, 0.05) is 0 Å². The van der Waals surface area contributed by atoms with Crippen LogP contribution in [0.4, 0.5) is 0 Å². The summed E-state index contributed by atoms with van der Waals surface area (Å²) in [7, 11) is 0. The maximum atomic E-state index is 12.8. The van der Waals surface area contributed by atoms with Gasteiger partial charge in [-0.15, -0.1) is 0 Å². The lowest BCUT2D eigenvalue weighted by Crippen LogP contribution is -2.35. The highest BCUT2D eigenvalue weighted by atomic mass is 16.5. The first-order chi connectivity index (χ1) is 14.1. The number of ether oxygens (including phenoxy) is 2. The van der Waals surface area contributed by atoms with Gasteiger partial charge < -0.3 is 9.47 Å². The molecule has 172 valence electrons. The molecule has 0 fully saturated rings. The van der Waals surface area contributed by atoms with E-state index in [0.29, 0.717) is 32.0 Å². The van der Waals surface area contributed by atoms with E-state index in [2.05, 4.69) is 60.6 Å². The molecule has 1 rings (SSSR count). The number of esters is 2. The molecule has 30 heavy (non-hydrogen) atoms. The fourth-order valence-electron chi connectivity index (χ4n) is 3.49. The summed E-state index contributed by atoms with van der Waals surface area (Å²) in [5.74, 6) is -1.04. The van der Waals surface area contributed by atoms with Gasteiger partial charge in [-0.25, -0.2) is 0 Å². The minimum Gasteiger partial charge on any atom is -0.465 e. The zero-order valence-electron chi connectivity index (χ0n) is 20.4. The van der Waals surface area contributed by atoms with E-state index in [1.165, 1.54) is 11.1 Å². The number of carbonyl (C=O) groups excluding carboxylic acids is 2. The van der Waals surface area contributed by atoms with Crippen molar-refractivity contribution >= 4 is 11.9 Å². The fourth-order valence-corrected chi connectivity index (χ4v) is 3.49. The Kier molecular flexibility index (Phi) is 11.4. The van der Waals surface area contributed by atoms with Gasteiger partial charge >= 0.3 is 11.9 Å². The highest BCUT2D eigenvalue weighted by Crippen LogP contribution is 2.36. The van der Waals surface area contributed by atoms with Crippen molar-refractivity contribution in [1.29, 1.82) is 0 Å². The van der Waals surface area contributed by atoms with Crippen LogP contribution in [-0.4, -0.2) is 25.2 Å². The number of unbranched alkanes of at least 4 members (excludes halogenated alkanes) is 2. The summed E-state index contributed by atoms with van der Waals surface area (Å²) in [6.45, 7) is 16.0. The fraction of sp³-hybridized carbons (Fsp3) is 0.769. The highest BCUT2D eigenvalue weighted by Gasteiger charge is 2.39. The van der Waals surface area contributed by atoms with Crippen molar-refractivity contribution in [1.82, 2.24) is 0 Å². The van der Waals surface area contributed by atoms with Gasteiger partial charge in [-0.2, -0.15) is 0 Å². The van der Waals surface area contributed by atoms with Crippen LogP contribution in [0.1, 0.15) is 93.4 Å². The van der Waals surface area contributed by atoms with Crippen molar-refractivity contribution in [3.63, 3.8) is 0 Å². The summed E-state index contributed by atoms with van der Waals surface area (Å²) < 4.78 is 11.0. The highest BCUT2D eigenvalue weighted by molar-refractivity contribution is 5.83. The van der Waals surface area contributed by atoms with Crippen molar-refractivity contribution in [2.75, 3.05) is 13.2 Å². The Bertz CT molecular complexity index is 609. The standard InChI is InChI=1S/C26H44O4/c1-8-10-16-29-24(27)22-15-14-21(18-23(22)25(28)30-17-11-9-2)19(3)12-13-20(4)26(5,6)7/h13-14,19,22-23H,8-12,15-18H2,1-7H3/b20-13+. The Morgan fingerprint density at radius 1 is 1.07 bits per heavy atom. The smallest absolute Gasteiger partial charge is 0.310 e. The number of hydrogen-bond acceptors (Lipinski definition) is 4. The molecule has 0 bridgehead atoms. The van der Waals surface area contributed by atoms with Crippen molar-refractivity contribution in [3.05, 3.63) is 23.3 Å². The van der Waals surface area contributed by atoms with Crippen LogP contribution >= 0.6 is 0 Å². The quantitative estimate of drug-likeness (QED) is 0.213. The number of allylic oxidation sites excluding steroid dienone is 4. The molecule has 0 radical (unpaired) electrons. The van der Waals surface area contributed by atoms with Crippen molar-refractivity contribution in [2.24, 2.45) is 23.2 Å². The summed E-state index contributed by atoms with van der Waals surface area (Å²) in [5.41, 5.74) is 2.79. The van der Waals surface area contributed by atoms with Crippen LogP contribution in [0.25, 0.3) is 0 Å². The molecule has 0 aromatic carbocycles. The minimum absolute atomic E-state index is 0.166. The van der Waals surface area contributed by atoms with E-state index in [0.717, 1.165) is 32.1 Å². The number of rotatable bonds is 11. The van der Waals surface area contributed by atoms with E-state index in [4.69, 9.17) is 9.47 Å². The van der Waals surface area contributed by atoms with Crippen LogP contribution in [0.2, 0.25) is 0 Å². The molecule has 4 heteroatoms. The SMILES string of the molecule is CCCCOC(=O)C1CC=C(C(C)C/C=C(\C)C(C)(C)C)CC1C(=O)OCCCC. The van der Waals surface area contributed by atoms with Crippen molar-refractivity contribution < 1.29 is 19.1 Å². The third kappa shape index (κ3) is 8.65. The maximum absolute atomic E-state index is 12.8. The third-order valence-corrected chi connectivity index (χ3v) is 6.26. The van der Waals surface area contributed by atoms with Gasteiger partial charge in [0.2, 0.25) is 0 Å². The van der Waals surface area contributed by atoms with E-state index in [-0.39, 0.29) is 17.4 Å². The monoisotopic (exact) mass is 420 g/mol. The largest absolute Gasteiger partial charge is 0.465 e. The van der Waals surface area contributed by atoms with Crippen LogP contribution in [0.15, 0.2) is 23.3 Å². The maximum Gasteiger partial charge on any atom is 0.310 e. The second-order valence-corrected chi connectivity index (χ2v) is 9.75. The molecular formula is C26H44O4. The number of carbonyl (C=O) groups is 2. The first-order valence-electron chi connectivity index (χ1n) is 11.8. The van der Waals surface area contributed by atoms with Crippen molar-refractivity contribution in [3.8, 4) is 0 Å². The van der Waals surface area contributed by atoms with E-state index in [1.54, 1.807) is 0 Å². The summed E-state index contributed by atoms with van der Waals surface area (Å²) in [4.78, 5) is 25.5. The van der Waals surface area contributed by atoms with Gasteiger partial charge in [0.05, 0.1) is 25.0 Å². The average molecular weight is 421 g/mol. The second-order valence-electron chi connectivity index (χ2n) is 9.75. The Morgan fingerprint density at radius 2 is 1.60 bits per heavy atom. The lowest BCUT2D eigenvalue weighted by Gasteiger charge is -2.31. The minimum atomic E-state index is -0.439. The summed E-state index contributed by atoms with van der Waals surface area (Å²) in [6.07, 6.45) is 10.2. The normalized spacial score (nSPS) is 21.0. The van der Waals surface area contributed by atoms with E-state index >= 15 is 0 Å². The molecule has 3 atom stereocenters. The average Bonchev–Trinajstić information content (AvgIpc) is 2.70. The molecule has 0 spiro atoms. The van der Waals surface area contributed by atoms with Gasteiger partial charge in [0.25, 0.3) is 0 Å². The van der Waals surface area contributed by atoms with E-state index in [9.17, 15) is 9.59 Å². The van der Waals surface area contributed by atoms with E-state index < -0.39 is 11.8 Å². The Hall–Kier alpha value is -1.58. The molecule has 4 nitrogen and oxygen atoms in total. The first-order valence-corrected chi connectivity index (χ1v) is 11.8. The molecule has 1 aliphatic rings. The van der Waals surface area contributed by atoms with Crippen molar-refractivity contribution in [2.45, 2.75) is 93.4 Å². The second kappa shape index (κ2) is 13.0. The van der Waals surface area contributed by atoms with Gasteiger partial charge in [0.15, 0.2) is 0 Å². The van der Waals surface area contributed by atoms with Crippen LogP contribution in [-0.2, 0) is 19.1 Å². The van der Waals surface area contributed by atoms with Gasteiger partial charge in [-0.1, -0.05) is 77.7 Å². The van der Waals surface area contributed by atoms with E-state index in [1.807, 2.05) is 0 Å². The molecule has 0 N–H and O–H groups in total. The third-order valence-electron chi connectivity index (χ3n) is 6.26. The molecule has 0 amide bonds. The van der Waals surface area contributed by atoms with Gasteiger partial charge in [0.1, 0.15) is 0 Å². The van der Waals surface area contributed by atoms with Crippen LogP contribution in [0, 0.1) is 23.2 Å². The summed E-state index contributed by atoms with van der Waals surface area (Å²) in [5, 5.41) is 0. The topological polar surface area (TPSA) is 52.6 Å². The van der Waals surface area contributed by atoms with Crippen LogP contribution < -0.4 is 0 Å². The number of hydrogen-bond donors (Lipinski definition) is 0. The molecule has 3 unspecified atom stereocenters. The molecule has 0 aromatic heterocycles. The van der Waals surface area contributed by atoms with Crippen LogP contribution in [0.5, 0.6) is 0 Å². The van der Waals surface area contributed by atoms with Gasteiger partial charge in [-0.05, 0) is 50.4 Å². The zero-order valence-corrected chi connectivity index (χ0v) is 20.4. The Morgan fingerprint density at radius 3 is 2.10 bits per heavy atom. The Labute approximate surface area is 184 Å². The predicted octanol–water partition coefficient (Wildman–Crippen LogP) is 6.64. The predicted molar refractivity (Wildman–Crippen MR) is 123 cm³/mol.